The summed E-state index contributed by atoms with van der Waals surface area (Å²) in [5.74, 6) is -2.82. The molecule has 1 saturated carbocycles. The van der Waals surface area contributed by atoms with Gasteiger partial charge >= 0.3 is 0 Å². The fourth-order valence-corrected chi connectivity index (χ4v) is 2.90. The Morgan fingerprint density at radius 2 is 1.80 bits per heavy atom. The lowest BCUT2D eigenvalue weighted by Gasteiger charge is -2.31. The van der Waals surface area contributed by atoms with E-state index in [1.54, 1.807) is 18.2 Å². The van der Waals surface area contributed by atoms with Gasteiger partial charge in [0.05, 0.1) is 15.7 Å². The molecule has 1 aromatic rings. The van der Waals surface area contributed by atoms with E-state index in [4.69, 9.17) is 23.2 Å². The van der Waals surface area contributed by atoms with Gasteiger partial charge in [-0.1, -0.05) is 42.1 Å². The summed E-state index contributed by atoms with van der Waals surface area (Å²) >= 11 is 11.9. The lowest BCUT2D eigenvalue weighted by atomic mass is 9.78. The molecule has 1 amide bonds. The Morgan fingerprint density at radius 3 is 2.45 bits per heavy atom. The number of benzene rings is 1. The van der Waals surface area contributed by atoms with Crippen LogP contribution in [0.25, 0.3) is 0 Å². The number of hydrogen-bond donors (Lipinski definition) is 1. The first-order chi connectivity index (χ1) is 9.50. The van der Waals surface area contributed by atoms with Crippen molar-refractivity contribution in [2.24, 2.45) is 11.8 Å². The molecule has 108 valence electrons. The molecule has 0 aromatic heterocycles. The summed E-state index contributed by atoms with van der Waals surface area (Å²) in [6.07, 6.45) is 2.66. The van der Waals surface area contributed by atoms with Gasteiger partial charge in [-0.3, -0.25) is 4.79 Å². The maximum atomic E-state index is 12.2. The number of nitrogens with one attached hydrogen (secondary N) is 1. The van der Waals surface area contributed by atoms with Gasteiger partial charge in [-0.25, -0.2) is 0 Å². The number of carboxylic acid groups (broad SMARTS) is 1. The van der Waals surface area contributed by atoms with Crippen LogP contribution in [0.4, 0.5) is 5.69 Å². The number of anilines is 1. The standard InChI is InChI=1S/C14H15Cl2NO3/c15-10-6-3-7-11(12(10)16)17-13(18)8-4-1-2-5-9(8)14(19)20/h3,6-9H,1-2,4-5H2,(H,17,18)(H,19,20)/p-1/t8-,9+/m1/s1. The van der Waals surface area contributed by atoms with Crippen molar-refractivity contribution in [3.63, 3.8) is 0 Å². The van der Waals surface area contributed by atoms with Crippen molar-refractivity contribution in [1.82, 2.24) is 0 Å². The monoisotopic (exact) mass is 314 g/mol. The highest BCUT2D eigenvalue weighted by atomic mass is 35.5. The molecule has 0 saturated heterocycles. The third-order valence-electron chi connectivity index (χ3n) is 3.61. The predicted octanol–water partition coefficient (Wildman–Crippen LogP) is 2.49. The number of halogens is 2. The number of amides is 1. The van der Waals surface area contributed by atoms with E-state index in [1.807, 2.05) is 0 Å². The fraction of sp³-hybridized carbons (Fsp3) is 0.429. The SMILES string of the molecule is O=C([O-])[C@H]1CCCC[C@H]1C(=O)Nc1cccc(Cl)c1Cl. The zero-order valence-electron chi connectivity index (χ0n) is 10.7. The quantitative estimate of drug-likeness (QED) is 0.931. The topological polar surface area (TPSA) is 69.2 Å². The molecule has 6 heteroatoms. The molecule has 20 heavy (non-hydrogen) atoms. The first kappa shape index (κ1) is 15.1. The number of carbonyl (C=O) groups excluding carboxylic acids is 2. The average molecular weight is 315 g/mol. The van der Waals surface area contributed by atoms with E-state index in [0.717, 1.165) is 12.8 Å². The maximum Gasteiger partial charge on any atom is 0.228 e. The number of hydrogen-bond acceptors (Lipinski definition) is 3. The summed E-state index contributed by atoms with van der Waals surface area (Å²) in [6.45, 7) is 0. The smallest absolute Gasteiger partial charge is 0.228 e. The lowest BCUT2D eigenvalue weighted by Crippen LogP contribution is -2.42. The molecule has 4 nitrogen and oxygen atoms in total. The van der Waals surface area contributed by atoms with Crippen LogP contribution in [-0.2, 0) is 9.59 Å². The molecule has 2 rings (SSSR count). The van der Waals surface area contributed by atoms with Gasteiger partial charge in [0.1, 0.15) is 0 Å². The summed E-state index contributed by atoms with van der Waals surface area (Å²) in [5, 5.41) is 14.4. The second-order valence-electron chi connectivity index (χ2n) is 4.91. The van der Waals surface area contributed by atoms with Crippen molar-refractivity contribution >= 4 is 40.8 Å². The Kier molecular flexibility index (Phi) is 4.89. The third kappa shape index (κ3) is 3.25. The van der Waals surface area contributed by atoms with Crippen LogP contribution in [0.2, 0.25) is 10.0 Å². The lowest BCUT2D eigenvalue weighted by molar-refractivity contribution is -0.313. The minimum absolute atomic E-state index is 0.253. The Bertz CT molecular complexity index is 533. The molecule has 0 aliphatic heterocycles. The van der Waals surface area contributed by atoms with Gasteiger partial charge in [-0.2, -0.15) is 0 Å². The van der Waals surface area contributed by atoms with Crippen molar-refractivity contribution in [3.8, 4) is 0 Å². The van der Waals surface area contributed by atoms with Crippen LogP contribution in [0.15, 0.2) is 18.2 Å². The molecule has 0 spiro atoms. The molecule has 1 fully saturated rings. The Labute approximate surface area is 127 Å². The molecular weight excluding hydrogens is 301 g/mol. The second kappa shape index (κ2) is 6.46. The van der Waals surface area contributed by atoms with Crippen molar-refractivity contribution in [1.29, 1.82) is 0 Å². The summed E-state index contributed by atoms with van der Waals surface area (Å²) < 4.78 is 0. The van der Waals surface area contributed by atoms with Crippen molar-refractivity contribution < 1.29 is 14.7 Å². The molecule has 0 heterocycles. The molecule has 0 unspecified atom stereocenters. The zero-order chi connectivity index (χ0) is 14.7. The van der Waals surface area contributed by atoms with Gasteiger partial charge in [0.15, 0.2) is 0 Å². The Morgan fingerprint density at radius 1 is 1.15 bits per heavy atom. The van der Waals surface area contributed by atoms with Crippen molar-refractivity contribution in [2.45, 2.75) is 25.7 Å². The summed E-state index contributed by atoms with van der Waals surface area (Å²) in [4.78, 5) is 23.3. The van der Waals surface area contributed by atoms with Crippen molar-refractivity contribution in [3.05, 3.63) is 28.2 Å². The molecule has 0 bridgehead atoms. The van der Waals surface area contributed by atoms with Crippen LogP contribution < -0.4 is 10.4 Å². The normalized spacial score (nSPS) is 22.3. The van der Waals surface area contributed by atoms with E-state index < -0.39 is 17.8 Å². The van der Waals surface area contributed by atoms with Gasteiger partial charge in [0.2, 0.25) is 5.91 Å². The molecular formula is C14H14Cl2NO3-. The predicted molar refractivity (Wildman–Crippen MR) is 75.5 cm³/mol. The minimum Gasteiger partial charge on any atom is -0.550 e. The van der Waals surface area contributed by atoms with Crippen LogP contribution in [0.5, 0.6) is 0 Å². The van der Waals surface area contributed by atoms with E-state index in [2.05, 4.69) is 5.32 Å². The van der Waals surface area contributed by atoms with Crippen LogP contribution in [0, 0.1) is 11.8 Å². The summed E-state index contributed by atoms with van der Waals surface area (Å²) in [6, 6.07) is 4.91. The van der Waals surface area contributed by atoms with Gasteiger partial charge in [0.25, 0.3) is 0 Å². The zero-order valence-corrected chi connectivity index (χ0v) is 12.2. The van der Waals surface area contributed by atoms with E-state index in [0.29, 0.717) is 23.6 Å². The number of carboxylic acids is 1. The molecule has 1 N–H and O–H groups in total. The van der Waals surface area contributed by atoms with Crippen LogP contribution in [-0.4, -0.2) is 11.9 Å². The average Bonchev–Trinajstić information content (AvgIpc) is 2.43. The van der Waals surface area contributed by atoms with E-state index in [9.17, 15) is 14.7 Å². The highest BCUT2D eigenvalue weighted by molar-refractivity contribution is 6.44. The fourth-order valence-electron chi connectivity index (χ4n) is 2.55. The molecule has 1 aromatic carbocycles. The van der Waals surface area contributed by atoms with E-state index in [1.165, 1.54) is 0 Å². The highest BCUT2D eigenvalue weighted by Crippen LogP contribution is 2.33. The molecule has 0 radical (unpaired) electrons. The first-order valence-corrected chi connectivity index (χ1v) is 7.22. The Balaban J connectivity index is 2.14. The van der Waals surface area contributed by atoms with Gasteiger partial charge in [-0.15, -0.1) is 0 Å². The highest BCUT2D eigenvalue weighted by Gasteiger charge is 2.32. The first-order valence-electron chi connectivity index (χ1n) is 6.46. The number of carbonyl (C=O) groups is 2. The molecule has 2 atom stereocenters. The van der Waals surface area contributed by atoms with Gasteiger partial charge in [0, 0.05) is 17.8 Å². The number of rotatable bonds is 3. The maximum absolute atomic E-state index is 12.2. The largest absolute Gasteiger partial charge is 0.550 e. The van der Waals surface area contributed by atoms with Crippen LogP contribution in [0.1, 0.15) is 25.7 Å². The summed E-state index contributed by atoms with van der Waals surface area (Å²) in [5.41, 5.74) is 0.395. The second-order valence-corrected chi connectivity index (χ2v) is 5.69. The minimum atomic E-state index is -1.16. The van der Waals surface area contributed by atoms with E-state index >= 15 is 0 Å². The van der Waals surface area contributed by atoms with Gasteiger partial charge < -0.3 is 15.2 Å². The molecule has 1 aliphatic rings. The third-order valence-corrected chi connectivity index (χ3v) is 4.43. The summed E-state index contributed by atoms with van der Waals surface area (Å²) in [7, 11) is 0. The van der Waals surface area contributed by atoms with Crippen LogP contribution >= 0.6 is 23.2 Å². The van der Waals surface area contributed by atoms with Gasteiger partial charge in [-0.05, 0) is 25.0 Å². The van der Waals surface area contributed by atoms with Crippen LogP contribution in [0.3, 0.4) is 0 Å². The van der Waals surface area contributed by atoms with Crippen molar-refractivity contribution in [2.75, 3.05) is 5.32 Å². The van der Waals surface area contributed by atoms with E-state index in [-0.39, 0.29) is 10.9 Å². The molecule has 1 aliphatic carbocycles. The Hall–Kier alpha value is -1.26. The number of aliphatic carboxylic acids is 1.